The molecular formula is C23H19N7O4S. The highest BCUT2D eigenvalue weighted by Crippen LogP contribution is 2.23. The number of nitrogens with zero attached hydrogens (tertiary/aromatic N) is 4. The Balaban J connectivity index is 1.29. The van der Waals surface area contributed by atoms with E-state index in [2.05, 4.69) is 30.3 Å². The average Bonchev–Trinajstić information content (AvgIpc) is 3.14. The highest BCUT2D eigenvalue weighted by molar-refractivity contribution is 7.92. The highest BCUT2D eigenvalue weighted by atomic mass is 32.2. The molecule has 35 heavy (non-hydrogen) atoms. The Morgan fingerprint density at radius 3 is 2.31 bits per heavy atom. The van der Waals surface area contributed by atoms with E-state index < -0.39 is 15.8 Å². The van der Waals surface area contributed by atoms with E-state index in [0.29, 0.717) is 39.9 Å². The van der Waals surface area contributed by atoms with E-state index in [1.165, 1.54) is 36.1 Å². The van der Waals surface area contributed by atoms with Gasteiger partial charge in [0.15, 0.2) is 5.58 Å². The van der Waals surface area contributed by atoms with Crippen LogP contribution >= 0.6 is 0 Å². The molecule has 0 saturated carbocycles. The van der Waals surface area contributed by atoms with Crippen LogP contribution in [0.25, 0.3) is 11.1 Å². The number of aromatic nitrogens is 4. The third-order valence-electron chi connectivity index (χ3n) is 5.07. The van der Waals surface area contributed by atoms with Gasteiger partial charge in [-0.05, 0) is 54.6 Å². The third-order valence-corrected chi connectivity index (χ3v) is 6.45. The Kier molecular flexibility index (Phi) is 5.63. The van der Waals surface area contributed by atoms with Crippen molar-refractivity contribution in [2.75, 3.05) is 15.4 Å². The maximum absolute atomic E-state index is 12.9. The van der Waals surface area contributed by atoms with Crippen molar-refractivity contribution in [1.29, 1.82) is 0 Å². The Hall–Kier alpha value is -4.71. The number of aryl methyl sites for hydroxylation is 1. The highest BCUT2D eigenvalue weighted by Gasteiger charge is 2.17. The van der Waals surface area contributed by atoms with Crippen molar-refractivity contribution < 1.29 is 12.8 Å². The molecular weight excluding hydrogens is 470 g/mol. The zero-order chi connectivity index (χ0) is 24.4. The molecule has 0 bridgehead atoms. The van der Waals surface area contributed by atoms with Gasteiger partial charge in [-0.1, -0.05) is 6.07 Å². The van der Waals surface area contributed by atoms with Crippen LogP contribution in [0.15, 0.2) is 93.4 Å². The Morgan fingerprint density at radius 2 is 1.57 bits per heavy atom. The van der Waals surface area contributed by atoms with E-state index >= 15 is 0 Å². The number of sulfonamides is 1. The molecule has 0 saturated heterocycles. The molecule has 3 aromatic heterocycles. The molecule has 12 heteroatoms. The molecule has 5 aromatic rings. The fraction of sp³-hybridized carbons (Fsp3) is 0.0435. The molecule has 0 unspecified atom stereocenters. The van der Waals surface area contributed by atoms with E-state index in [1.807, 2.05) is 18.2 Å². The van der Waals surface area contributed by atoms with Crippen LogP contribution in [0.5, 0.6) is 0 Å². The molecule has 0 amide bonds. The summed E-state index contributed by atoms with van der Waals surface area (Å²) < 4.78 is 34.5. The van der Waals surface area contributed by atoms with Gasteiger partial charge in [0.1, 0.15) is 23.8 Å². The number of benzene rings is 2. The topological polar surface area (TPSA) is 144 Å². The quantitative estimate of drug-likeness (QED) is 0.312. The standard InChI is InChI=1S/C23H19N7O4S/c1-30-18-12-17(9-10-19(18)34-23(30)31)35(32,33)29-16-7-5-15(6-8-16)27-21-13-22(26-14-25-21)28-20-4-2-3-11-24-20/h2-14,29H,1H3,(H2,24,25,26,27,28). The zero-order valence-electron chi connectivity index (χ0n) is 18.3. The summed E-state index contributed by atoms with van der Waals surface area (Å²) >= 11 is 0. The van der Waals surface area contributed by atoms with Gasteiger partial charge in [0, 0.05) is 30.7 Å². The van der Waals surface area contributed by atoms with Crippen LogP contribution in [0.1, 0.15) is 0 Å². The molecule has 5 rings (SSSR count). The zero-order valence-corrected chi connectivity index (χ0v) is 19.2. The number of fused-ring (bicyclic) bond motifs is 1. The summed E-state index contributed by atoms with van der Waals surface area (Å²) in [7, 11) is -2.37. The molecule has 0 spiro atoms. The van der Waals surface area contributed by atoms with Gasteiger partial charge in [0.25, 0.3) is 10.0 Å². The monoisotopic (exact) mass is 489 g/mol. The first-order chi connectivity index (χ1) is 16.9. The first-order valence-corrected chi connectivity index (χ1v) is 11.9. The summed E-state index contributed by atoms with van der Waals surface area (Å²) in [6.07, 6.45) is 3.10. The summed E-state index contributed by atoms with van der Waals surface area (Å²) in [5, 5.41) is 6.24. The smallest absolute Gasteiger partial charge is 0.408 e. The normalized spacial score (nSPS) is 11.3. The lowest BCUT2D eigenvalue weighted by molar-refractivity contribution is 0.528. The number of rotatable bonds is 7. The van der Waals surface area contributed by atoms with Crippen molar-refractivity contribution in [2.24, 2.45) is 7.05 Å². The van der Waals surface area contributed by atoms with Crippen LogP contribution in [-0.4, -0.2) is 27.9 Å². The van der Waals surface area contributed by atoms with Gasteiger partial charge in [-0.3, -0.25) is 9.29 Å². The molecule has 2 aromatic carbocycles. The molecule has 0 fully saturated rings. The van der Waals surface area contributed by atoms with E-state index in [4.69, 9.17) is 4.42 Å². The van der Waals surface area contributed by atoms with E-state index in [1.54, 1.807) is 36.5 Å². The molecule has 0 aliphatic rings. The van der Waals surface area contributed by atoms with Crippen molar-refractivity contribution >= 4 is 50.0 Å². The van der Waals surface area contributed by atoms with Crippen LogP contribution in [-0.2, 0) is 17.1 Å². The maximum Gasteiger partial charge on any atom is 0.419 e. The van der Waals surface area contributed by atoms with Crippen LogP contribution in [0.2, 0.25) is 0 Å². The molecule has 11 nitrogen and oxygen atoms in total. The molecule has 0 atom stereocenters. The van der Waals surface area contributed by atoms with Crippen LogP contribution in [0.4, 0.5) is 28.8 Å². The van der Waals surface area contributed by atoms with Crippen molar-refractivity contribution in [3.63, 3.8) is 0 Å². The lowest BCUT2D eigenvalue weighted by Crippen LogP contribution is -2.13. The van der Waals surface area contributed by atoms with Gasteiger partial charge >= 0.3 is 5.76 Å². The molecule has 176 valence electrons. The minimum atomic E-state index is -3.88. The summed E-state index contributed by atoms with van der Waals surface area (Å²) in [6.45, 7) is 0. The predicted molar refractivity (Wildman–Crippen MR) is 132 cm³/mol. The second kappa shape index (κ2) is 8.91. The van der Waals surface area contributed by atoms with Crippen molar-refractivity contribution in [2.45, 2.75) is 4.90 Å². The van der Waals surface area contributed by atoms with Gasteiger partial charge in [-0.2, -0.15) is 0 Å². The van der Waals surface area contributed by atoms with Gasteiger partial charge in [-0.15, -0.1) is 0 Å². The largest absolute Gasteiger partial charge is 0.419 e. The van der Waals surface area contributed by atoms with E-state index in [0.717, 1.165) is 0 Å². The fourth-order valence-corrected chi connectivity index (χ4v) is 4.40. The van der Waals surface area contributed by atoms with Crippen molar-refractivity contribution in [3.8, 4) is 0 Å². The Morgan fingerprint density at radius 1 is 0.829 bits per heavy atom. The second-order valence-electron chi connectivity index (χ2n) is 7.49. The van der Waals surface area contributed by atoms with Gasteiger partial charge in [0.2, 0.25) is 0 Å². The third kappa shape index (κ3) is 4.82. The first-order valence-electron chi connectivity index (χ1n) is 10.4. The second-order valence-corrected chi connectivity index (χ2v) is 9.18. The molecule has 0 aliphatic carbocycles. The first kappa shape index (κ1) is 22.1. The molecule has 3 N–H and O–H groups in total. The molecule has 3 heterocycles. The van der Waals surface area contributed by atoms with Gasteiger partial charge in [-0.25, -0.2) is 28.2 Å². The lowest BCUT2D eigenvalue weighted by Gasteiger charge is -2.11. The fourth-order valence-electron chi connectivity index (χ4n) is 3.32. The number of pyridine rings is 1. The summed E-state index contributed by atoms with van der Waals surface area (Å²) in [5.41, 5.74) is 1.77. The number of hydrogen-bond donors (Lipinski definition) is 3. The minimum absolute atomic E-state index is 0.0116. The summed E-state index contributed by atoms with van der Waals surface area (Å²) in [5.74, 6) is 1.21. The lowest BCUT2D eigenvalue weighted by atomic mass is 10.3. The van der Waals surface area contributed by atoms with Crippen LogP contribution in [0, 0.1) is 0 Å². The number of anilines is 5. The predicted octanol–water partition coefficient (Wildman–Crippen LogP) is 3.60. The number of nitrogens with one attached hydrogen (secondary N) is 3. The van der Waals surface area contributed by atoms with Crippen LogP contribution in [0.3, 0.4) is 0 Å². The maximum atomic E-state index is 12.9. The average molecular weight is 490 g/mol. The minimum Gasteiger partial charge on any atom is -0.408 e. The molecule has 0 aliphatic heterocycles. The summed E-state index contributed by atoms with van der Waals surface area (Å²) in [4.78, 5) is 24.3. The molecule has 0 radical (unpaired) electrons. The summed E-state index contributed by atoms with van der Waals surface area (Å²) in [6, 6.07) is 18.2. The number of hydrogen-bond acceptors (Lipinski definition) is 9. The van der Waals surface area contributed by atoms with E-state index in [9.17, 15) is 13.2 Å². The van der Waals surface area contributed by atoms with E-state index in [-0.39, 0.29) is 4.90 Å². The Labute approximate surface area is 199 Å². The van der Waals surface area contributed by atoms with Gasteiger partial charge < -0.3 is 15.1 Å². The van der Waals surface area contributed by atoms with Crippen LogP contribution < -0.4 is 21.1 Å². The van der Waals surface area contributed by atoms with Crippen molar-refractivity contribution in [1.82, 2.24) is 19.5 Å². The SMILES string of the molecule is Cn1c(=O)oc2ccc(S(=O)(=O)Nc3ccc(Nc4cc(Nc5ccccn5)ncn4)cc3)cc21. The van der Waals surface area contributed by atoms with Gasteiger partial charge in [0.05, 0.1) is 10.4 Å². The number of oxazole rings is 1. The Bertz CT molecular complexity index is 1660. The van der Waals surface area contributed by atoms with Crippen molar-refractivity contribution in [3.05, 3.63) is 89.8 Å².